The summed E-state index contributed by atoms with van der Waals surface area (Å²) in [6.07, 6.45) is -5.19. The van der Waals surface area contributed by atoms with Crippen LogP contribution in [0.3, 0.4) is 0 Å². The number of piperidine rings is 1. The first-order valence-electron chi connectivity index (χ1n) is 5.92. The van der Waals surface area contributed by atoms with Crippen LogP contribution in [0.1, 0.15) is 26.2 Å². The van der Waals surface area contributed by atoms with Crippen molar-refractivity contribution in [2.75, 3.05) is 18.8 Å². The van der Waals surface area contributed by atoms with Gasteiger partial charge in [0.1, 0.15) is 0 Å². The van der Waals surface area contributed by atoms with Crippen LogP contribution < -0.4 is 5.73 Å². The summed E-state index contributed by atoms with van der Waals surface area (Å²) in [6.45, 7) is 2.46. The van der Waals surface area contributed by atoms with E-state index in [0.29, 0.717) is 19.5 Å². The molecule has 0 aromatic carbocycles. The maximum Gasteiger partial charge on any atom is 0.389 e. The van der Waals surface area contributed by atoms with Crippen LogP contribution >= 0.6 is 0 Å². The molecule has 4 nitrogen and oxygen atoms in total. The molecule has 1 fully saturated rings. The fraction of sp³-hybridized carbons (Fsp3) is 1.00. The van der Waals surface area contributed by atoms with Gasteiger partial charge in [-0.3, -0.25) is 0 Å². The standard InChI is InChI=1S/C10H19F3N2O2S/c1-8-7-15(5-3-9(8)14)18(16,17)6-2-4-10(11,12)13/h8-9H,2-7,14H2,1H3. The summed E-state index contributed by atoms with van der Waals surface area (Å²) >= 11 is 0. The quantitative estimate of drug-likeness (QED) is 0.849. The zero-order valence-electron chi connectivity index (χ0n) is 10.3. The third kappa shape index (κ3) is 4.74. The number of rotatable bonds is 4. The van der Waals surface area contributed by atoms with Crippen LogP contribution in [0, 0.1) is 5.92 Å². The third-order valence-corrected chi connectivity index (χ3v) is 5.11. The van der Waals surface area contributed by atoms with E-state index in [1.807, 2.05) is 6.92 Å². The highest BCUT2D eigenvalue weighted by molar-refractivity contribution is 7.89. The van der Waals surface area contributed by atoms with Crippen molar-refractivity contribution in [3.05, 3.63) is 0 Å². The van der Waals surface area contributed by atoms with Crippen LogP contribution in [-0.2, 0) is 10.0 Å². The van der Waals surface area contributed by atoms with Gasteiger partial charge in [-0.15, -0.1) is 0 Å². The summed E-state index contributed by atoms with van der Waals surface area (Å²) in [5.41, 5.74) is 5.77. The Morgan fingerprint density at radius 2 is 2.00 bits per heavy atom. The number of nitrogens with two attached hydrogens (primary N) is 1. The van der Waals surface area contributed by atoms with Crippen LogP contribution in [0.5, 0.6) is 0 Å². The lowest BCUT2D eigenvalue weighted by Gasteiger charge is -2.34. The van der Waals surface area contributed by atoms with E-state index in [1.165, 1.54) is 4.31 Å². The molecule has 18 heavy (non-hydrogen) atoms. The van der Waals surface area contributed by atoms with E-state index < -0.39 is 28.4 Å². The van der Waals surface area contributed by atoms with Gasteiger partial charge >= 0.3 is 6.18 Å². The smallest absolute Gasteiger partial charge is 0.327 e. The average molecular weight is 288 g/mol. The molecule has 0 radical (unpaired) electrons. The average Bonchev–Trinajstić information content (AvgIpc) is 2.19. The van der Waals surface area contributed by atoms with Crippen molar-refractivity contribution in [3.8, 4) is 0 Å². The molecular formula is C10H19F3N2O2S. The molecule has 0 bridgehead atoms. The molecule has 108 valence electrons. The maximum absolute atomic E-state index is 12.0. The number of halogens is 3. The Kier molecular flexibility index (Phi) is 5.02. The van der Waals surface area contributed by atoms with Gasteiger partial charge in [0, 0.05) is 25.6 Å². The van der Waals surface area contributed by atoms with Crippen LogP contribution in [0.4, 0.5) is 13.2 Å². The molecule has 1 aliphatic heterocycles. The minimum atomic E-state index is -4.30. The Hall–Kier alpha value is -0.340. The van der Waals surface area contributed by atoms with E-state index in [9.17, 15) is 21.6 Å². The fourth-order valence-electron chi connectivity index (χ4n) is 1.96. The van der Waals surface area contributed by atoms with E-state index in [4.69, 9.17) is 5.73 Å². The highest BCUT2D eigenvalue weighted by Gasteiger charge is 2.32. The van der Waals surface area contributed by atoms with Gasteiger partial charge in [-0.2, -0.15) is 13.2 Å². The first-order valence-corrected chi connectivity index (χ1v) is 7.53. The van der Waals surface area contributed by atoms with Gasteiger partial charge in [0.25, 0.3) is 0 Å². The summed E-state index contributed by atoms with van der Waals surface area (Å²) in [7, 11) is -3.58. The Morgan fingerprint density at radius 3 is 2.50 bits per heavy atom. The van der Waals surface area contributed by atoms with Crippen LogP contribution in [0.2, 0.25) is 0 Å². The molecule has 1 heterocycles. The lowest BCUT2D eigenvalue weighted by Crippen LogP contribution is -2.48. The summed E-state index contributed by atoms with van der Waals surface area (Å²) < 4.78 is 60.8. The van der Waals surface area contributed by atoms with Crippen LogP contribution in [0.25, 0.3) is 0 Å². The third-order valence-electron chi connectivity index (χ3n) is 3.19. The van der Waals surface area contributed by atoms with Crippen molar-refractivity contribution in [2.24, 2.45) is 11.7 Å². The topological polar surface area (TPSA) is 63.4 Å². The first-order chi connectivity index (χ1) is 8.12. The van der Waals surface area contributed by atoms with E-state index >= 15 is 0 Å². The number of alkyl halides is 3. The summed E-state index contributed by atoms with van der Waals surface area (Å²) in [5.74, 6) is -0.412. The molecule has 1 rings (SSSR count). The summed E-state index contributed by atoms with van der Waals surface area (Å²) in [5, 5.41) is 0. The Morgan fingerprint density at radius 1 is 1.39 bits per heavy atom. The summed E-state index contributed by atoms with van der Waals surface area (Å²) in [4.78, 5) is 0. The molecule has 8 heteroatoms. The van der Waals surface area contributed by atoms with E-state index in [2.05, 4.69) is 0 Å². The molecule has 2 atom stereocenters. The van der Waals surface area contributed by atoms with Crippen molar-refractivity contribution in [1.29, 1.82) is 0 Å². The number of sulfonamides is 1. The van der Waals surface area contributed by atoms with Gasteiger partial charge < -0.3 is 5.73 Å². The fourth-order valence-corrected chi connectivity index (χ4v) is 3.58. The summed E-state index contributed by atoms with van der Waals surface area (Å²) in [6, 6.07) is -0.0355. The normalized spacial score (nSPS) is 27.4. The van der Waals surface area contributed by atoms with E-state index in [1.54, 1.807) is 0 Å². The number of nitrogens with zero attached hydrogens (tertiary/aromatic N) is 1. The monoisotopic (exact) mass is 288 g/mol. The Balaban J connectivity index is 2.49. The molecule has 0 aromatic heterocycles. The molecule has 0 aromatic rings. The van der Waals surface area contributed by atoms with Crippen molar-refractivity contribution < 1.29 is 21.6 Å². The minimum Gasteiger partial charge on any atom is -0.327 e. The van der Waals surface area contributed by atoms with Crippen molar-refractivity contribution in [3.63, 3.8) is 0 Å². The number of hydrogen-bond donors (Lipinski definition) is 1. The number of hydrogen-bond acceptors (Lipinski definition) is 3. The second kappa shape index (κ2) is 5.75. The second-order valence-corrected chi connectivity index (χ2v) is 6.91. The lowest BCUT2D eigenvalue weighted by atomic mass is 9.96. The SMILES string of the molecule is CC1CN(S(=O)(=O)CCCC(F)(F)F)CCC1N. The zero-order valence-corrected chi connectivity index (χ0v) is 11.1. The van der Waals surface area contributed by atoms with Gasteiger partial charge in [0.2, 0.25) is 10.0 Å². The van der Waals surface area contributed by atoms with Crippen molar-refractivity contribution in [1.82, 2.24) is 4.31 Å². The molecule has 0 spiro atoms. The van der Waals surface area contributed by atoms with Crippen molar-refractivity contribution in [2.45, 2.75) is 38.4 Å². The highest BCUT2D eigenvalue weighted by atomic mass is 32.2. The first kappa shape index (κ1) is 15.7. The molecule has 2 N–H and O–H groups in total. The van der Waals surface area contributed by atoms with E-state index in [-0.39, 0.29) is 18.4 Å². The van der Waals surface area contributed by atoms with Gasteiger partial charge in [-0.05, 0) is 18.8 Å². The Labute approximate surface area is 105 Å². The highest BCUT2D eigenvalue weighted by Crippen LogP contribution is 2.23. The molecule has 0 aliphatic carbocycles. The predicted molar refractivity (Wildman–Crippen MR) is 62.4 cm³/mol. The lowest BCUT2D eigenvalue weighted by molar-refractivity contribution is -0.134. The molecular weight excluding hydrogens is 269 g/mol. The molecule has 1 saturated heterocycles. The van der Waals surface area contributed by atoms with Gasteiger partial charge in [-0.25, -0.2) is 12.7 Å². The maximum atomic E-state index is 12.0. The van der Waals surface area contributed by atoms with Gasteiger partial charge in [0.05, 0.1) is 5.75 Å². The molecule has 1 aliphatic rings. The predicted octanol–water partition coefficient (Wildman–Crippen LogP) is 1.33. The van der Waals surface area contributed by atoms with Crippen molar-refractivity contribution >= 4 is 10.0 Å². The van der Waals surface area contributed by atoms with E-state index in [0.717, 1.165) is 0 Å². The Bertz CT molecular complexity index is 370. The molecule has 2 unspecified atom stereocenters. The minimum absolute atomic E-state index is 0.0355. The van der Waals surface area contributed by atoms with Crippen LogP contribution in [0.15, 0.2) is 0 Å². The molecule has 0 amide bonds. The second-order valence-electron chi connectivity index (χ2n) is 4.82. The van der Waals surface area contributed by atoms with Crippen LogP contribution in [-0.4, -0.2) is 43.8 Å². The molecule has 0 saturated carbocycles. The zero-order chi connectivity index (χ0) is 14.0. The van der Waals surface area contributed by atoms with Gasteiger partial charge in [0.15, 0.2) is 0 Å². The van der Waals surface area contributed by atoms with Gasteiger partial charge in [-0.1, -0.05) is 6.92 Å². The largest absolute Gasteiger partial charge is 0.389 e.